The second-order valence-corrected chi connectivity index (χ2v) is 9.29. The molecular formula is C26H26N6O5. The zero-order chi connectivity index (χ0) is 25.6. The second-order valence-electron chi connectivity index (χ2n) is 9.29. The molecule has 2 aromatic heterocycles. The number of benzene rings is 2. The van der Waals surface area contributed by atoms with Gasteiger partial charge in [-0.2, -0.15) is 9.94 Å². The molecule has 1 N–H and O–H groups in total. The van der Waals surface area contributed by atoms with E-state index in [1.807, 2.05) is 30.0 Å². The van der Waals surface area contributed by atoms with Gasteiger partial charge in [-0.3, -0.25) is 9.59 Å². The van der Waals surface area contributed by atoms with E-state index in [0.29, 0.717) is 66.6 Å². The first-order chi connectivity index (χ1) is 18.0. The van der Waals surface area contributed by atoms with Gasteiger partial charge in [-0.1, -0.05) is 0 Å². The van der Waals surface area contributed by atoms with Crippen LogP contribution in [0.3, 0.4) is 0 Å². The van der Waals surface area contributed by atoms with Gasteiger partial charge in [0, 0.05) is 48.6 Å². The quantitative estimate of drug-likeness (QED) is 0.442. The monoisotopic (exact) mass is 502 g/mol. The standard InChI is InChI=1S/C26H26N6O5/c1-3-36-23-14-17(13-20-18(23)6-9-32(20)35-2)25(34)31-10-7-26(8-11-31)15-21(33)19-12-16(4-5-22(19)37-26)24-27-29-30-28-24/h4-6,9,12-14H,3,7-8,10-11,15H2,1-2H3,(H,27,28,29,30). The van der Waals surface area contributed by atoms with Crippen molar-refractivity contribution in [3.05, 3.63) is 53.7 Å². The van der Waals surface area contributed by atoms with Crippen molar-refractivity contribution in [2.75, 3.05) is 26.8 Å². The molecule has 2 aromatic carbocycles. The number of rotatable bonds is 5. The molecule has 4 aromatic rings. The molecule has 1 fully saturated rings. The van der Waals surface area contributed by atoms with Gasteiger partial charge in [-0.25, -0.2) is 0 Å². The van der Waals surface area contributed by atoms with E-state index >= 15 is 0 Å². The van der Waals surface area contributed by atoms with Crippen molar-refractivity contribution in [1.29, 1.82) is 0 Å². The Labute approximate surface area is 212 Å². The number of hydrogen-bond donors (Lipinski definition) is 1. The number of Topliss-reactive ketones (excluding diaryl/α,β-unsaturated/α-hetero) is 1. The molecule has 11 nitrogen and oxygen atoms in total. The number of ether oxygens (including phenoxy) is 2. The van der Waals surface area contributed by atoms with Crippen LogP contribution in [0.1, 0.15) is 46.9 Å². The number of ketones is 1. The molecule has 37 heavy (non-hydrogen) atoms. The molecule has 0 aliphatic carbocycles. The van der Waals surface area contributed by atoms with Crippen LogP contribution < -0.4 is 14.3 Å². The number of aromatic nitrogens is 5. The third kappa shape index (κ3) is 3.96. The lowest BCUT2D eigenvalue weighted by molar-refractivity contribution is -0.00570. The van der Waals surface area contributed by atoms with E-state index in [9.17, 15) is 9.59 Å². The third-order valence-corrected chi connectivity index (χ3v) is 7.13. The number of carbonyl (C=O) groups is 2. The number of nitrogens with zero attached hydrogens (tertiary/aromatic N) is 5. The Morgan fingerprint density at radius 3 is 2.76 bits per heavy atom. The van der Waals surface area contributed by atoms with E-state index < -0.39 is 5.60 Å². The maximum absolute atomic E-state index is 13.5. The molecular weight excluding hydrogens is 476 g/mol. The van der Waals surface area contributed by atoms with E-state index in [0.717, 1.165) is 10.9 Å². The second kappa shape index (κ2) is 8.91. The minimum Gasteiger partial charge on any atom is -0.493 e. The van der Waals surface area contributed by atoms with Crippen LogP contribution >= 0.6 is 0 Å². The van der Waals surface area contributed by atoms with Crippen molar-refractivity contribution in [3.63, 3.8) is 0 Å². The van der Waals surface area contributed by atoms with Crippen molar-refractivity contribution in [3.8, 4) is 22.9 Å². The van der Waals surface area contributed by atoms with Crippen molar-refractivity contribution < 1.29 is 23.9 Å². The molecule has 1 saturated heterocycles. The number of nitrogens with one attached hydrogen (secondary N) is 1. The SMILES string of the molecule is CCOc1cc(C(=O)N2CCC3(CC2)CC(=O)c2cc(-c4nn[nH]n4)ccc2O3)cc2c1ccn2OC. The maximum atomic E-state index is 13.5. The summed E-state index contributed by atoms with van der Waals surface area (Å²) in [4.78, 5) is 33.8. The molecule has 1 amide bonds. The number of hydrogen-bond acceptors (Lipinski definition) is 8. The van der Waals surface area contributed by atoms with Crippen LogP contribution in [0.25, 0.3) is 22.3 Å². The highest BCUT2D eigenvalue weighted by Gasteiger charge is 2.44. The Morgan fingerprint density at radius 1 is 1.19 bits per heavy atom. The van der Waals surface area contributed by atoms with Gasteiger partial charge in [0.15, 0.2) is 5.78 Å². The van der Waals surface area contributed by atoms with Gasteiger partial charge in [0.1, 0.15) is 24.2 Å². The lowest BCUT2D eigenvalue weighted by atomic mass is 9.82. The number of amides is 1. The Bertz CT molecular complexity index is 1490. The Morgan fingerprint density at radius 2 is 2.03 bits per heavy atom. The Hall–Kier alpha value is -4.41. The number of likely N-dealkylation sites (tertiary alicyclic amines) is 1. The first kappa shape index (κ1) is 23.0. The summed E-state index contributed by atoms with van der Waals surface area (Å²) in [5, 5.41) is 14.8. The van der Waals surface area contributed by atoms with Gasteiger partial charge in [-0.05, 0) is 48.5 Å². The van der Waals surface area contributed by atoms with E-state index in [1.165, 1.54) is 0 Å². The molecule has 190 valence electrons. The summed E-state index contributed by atoms with van der Waals surface area (Å²) in [6.45, 7) is 3.36. The zero-order valence-electron chi connectivity index (χ0n) is 20.6. The fourth-order valence-electron chi connectivity index (χ4n) is 5.24. The summed E-state index contributed by atoms with van der Waals surface area (Å²) in [6.07, 6.45) is 3.18. The molecule has 2 aliphatic rings. The minimum atomic E-state index is -0.625. The normalized spacial score (nSPS) is 16.5. The third-order valence-electron chi connectivity index (χ3n) is 7.13. The van der Waals surface area contributed by atoms with Gasteiger partial charge in [0.2, 0.25) is 5.82 Å². The van der Waals surface area contributed by atoms with Crippen LogP contribution in [-0.4, -0.2) is 74.4 Å². The largest absolute Gasteiger partial charge is 0.493 e. The van der Waals surface area contributed by atoms with Gasteiger partial charge in [-0.15, -0.1) is 10.2 Å². The van der Waals surface area contributed by atoms with E-state index in [1.54, 1.807) is 36.2 Å². The Balaban J connectivity index is 1.20. The van der Waals surface area contributed by atoms with Crippen molar-refractivity contribution in [1.82, 2.24) is 30.3 Å². The predicted octanol–water partition coefficient (Wildman–Crippen LogP) is 2.92. The van der Waals surface area contributed by atoms with Gasteiger partial charge in [0.25, 0.3) is 5.91 Å². The molecule has 0 unspecified atom stereocenters. The molecule has 0 bridgehead atoms. The molecule has 4 heterocycles. The molecule has 0 radical (unpaired) electrons. The summed E-state index contributed by atoms with van der Waals surface area (Å²) in [6, 6.07) is 10.9. The molecule has 11 heteroatoms. The lowest BCUT2D eigenvalue weighted by Gasteiger charge is -2.44. The van der Waals surface area contributed by atoms with Crippen LogP contribution in [-0.2, 0) is 0 Å². The highest BCUT2D eigenvalue weighted by molar-refractivity contribution is 6.02. The van der Waals surface area contributed by atoms with E-state index in [4.69, 9.17) is 14.3 Å². The van der Waals surface area contributed by atoms with Gasteiger partial charge in [0.05, 0.1) is 24.1 Å². The smallest absolute Gasteiger partial charge is 0.254 e. The fourth-order valence-corrected chi connectivity index (χ4v) is 5.24. The summed E-state index contributed by atoms with van der Waals surface area (Å²) in [7, 11) is 1.58. The minimum absolute atomic E-state index is 0.0125. The average molecular weight is 503 g/mol. The molecule has 1 spiro atoms. The number of aromatic amines is 1. The van der Waals surface area contributed by atoms with E-state index in [-0.39, 0.29) is 18.1 Å². The highest BCUT2D eigenvalue weighted by Crippen LogP contribution is 2.41. The fraction of sp³-hybridized carbons (Fsp3) is 0.346. The van der Waals surface area contributed by atoms with Gasteiger partial charge < -0.3 is 19.2 Å². The molecule has 6 rings (SSSR count). The number of fused-ring (bicyclic) bond motifs is 2. The maximum Gasteiger partial charge on any atom is 0.254 e. The van der Waals surface area contributed by atoms with Crippen LogP contribution in [0.4, 0.5) is 0 Å². The first-order valence-electron chi connectivity index (χ1n) is 12.2. The van der Waals surface area contributed by atoms with Crippen LogP contribution in [0, 0.1) is 0 Å². The highest BCUT2D eigenvalue weighted by atomic mass is 16.6. The number of carbonyl (C=O) groups excluding carboxylic acids is 2. The number of H-pyrrole nitrogens is 1. The predicted molar refractivity (Wildman–Crippen MR) is 133 cm³/mol. The molecule has 0 atom stereocenters. The summed E-state index contributed by atoms with van der Waals surface area (Å²) in [5.41, 5.74) is 1.89. The topological polar surface area (TPSA) is 124 Å². The number of piperidine rings is 1. The summed E-state index contributed by atoms with van der Waals surface area (Å²) < 4.78 is 13.8. The zero-order valence-corrected chi connectivity index (χ0v) is 20.6. The van der Waals surface area contributed by atoms with Crippen LogP contribution in [0.5, 0.6) is 11.5 Å². The molecule has 0 saturated carbocycles. The van der Waals surface area contributed by atoms with Crippen LogP contribution in [0.15, 0.2) is 42.6 Å². The first-order valence-corrected chi connectivity index (χ1v) is 12.2. The van der Waals surface area contributed by atoms with Crippen molar-refractivity contribution in [2.24, 2.45) is 0 Å². The summed E-state index contributed by atoms with van der Waals surface area (Å²) >= 11 is 0. The lowest BCUT2D eigenvalue weighted by Crippen LogP contribution is -2.52. The van der Waals surface area contributed by atoms with Crippen LogP contribution in [0.2, 0.25) is 0 Å². The van der Waals surface area contributed by atoms with Crippen molar-refractivity contribution in [2.45, 2.75) is 31.8 Å². The number of tetrazole rings is 1. The molecule has 2 aliphatic heterocycles. The van der Waals surface area contributed by atoms with E-state index in [2.05, 4.69) is 20.6 Å². The van der Waals surface area contributed by atoms with Crippen molar-refractivity contribution >= 4 is 22.6 Å². The van der Waals surface area contributed by atoms with Gasteiger partial charge >= 0.3 is 0 Å². The summed E-state index contributed by atoms with van der Waals surface area (Å²) in [5.74, 6) is 1.54. The average Bonchev–Trinajstić information content (AvgIpc) is 3.59. The Kier molecular flexibility index (Phi) is 5.54.